The van der Waals surface area contributed by atoms with Gasteiger partial charge >= 0.3 is 0 Å². The molecule has 0 unspecified atom stereocenters. The van der Waals surface area contributed by atoms with Crippen molar-refractivity contribution in [3.63, 3.8) is 0 Å². The van der Waals surface area contributed by atoms with E-state index in [0.717, 1.165) is 29.8 Å². The van der Waals surface area contributed by atoms with Crippen LogP contribution in [0.5, 0.6) is 0 Å². The zero-order valence-corrected chi connectivity index (χ0v) is 14.7. The summed E-state index contributed by atoms with van der Waals surface area (Å²) in [6.07, 6.45) is 1.55. The maximum Gasteiger partial charge on any atom is 0.237 e. The van der Waals surface area contributed by atoms with E-state index in [1.54, 1.807) is 16.8 Å². The minimum atomic E-state index is -0.260. The number of amides is 1. The fourth-order valence-corrected chi connectivity index (χ4v) is 3.84. The Bertz CT molecular complexity index is 911. The number of hydrogen-bond acceptors (Lipinski definition) is 5. The Morgan fingerprint density at radius 3 is 2.80 bits per heavy atom. The van der Waals surface area contributed by atoms with Crippen LogP contribution in [0.1, 0.15) is 12.0 Å². The molecular weight excluding hydrogens is 358 g/mol. The number of carbonyl (C=O) groups is 1. The second-order valence-corrected chi connectivity index (χ2v) is 7.25. The Hall–Kier alpha value is -2.38. The lowest BCUT2D eigenvalue weighted by molar-refractivity contribution is -0.115. The van der Waals surface area contributed by atoms with Crippen molar-refractivity contribution in [3.8, 4) is 5.69 Å². The van der Waals surface area contributed by atoms with Gasteiger partial charge in [-0.25, -0.2) is 0 Å². The van der Waals surface area contributed by atoms with E-state index in [9.17, 15) is 4.79 Å². The summed E-state index contributed by atoms with van der Waals surface area (Å²) in [6, 6.07) is 15.1. The number of benzene rings is 2. The first-order chi connectivity index (χ1) is 12.2. The fourth-order valence-electron chi connectivity index (χ4n) is 2.73. The number of para-hydroxylation sites is 1. The summed E-state index contributed by atoms with van der Waals surface area (Å²) in [5.41, 5.74) is 2.83. The standard InChI is InChI=1S/C17H14ClN5OS/c18-12-6-8-13(9-7-12)23-17(20-21-22-23)25-15-10-5-11-3-1-2-4-14(11)19-16(15)24/h1-4,6-9,15H,5,10H2,(H,19,24)/t15-/m0/s1. The lowest BCUT2D eigenvalue weighted by Gasteiger charge is -2.12. The summed E-state index contributed by atoms with van der Waals surface area (Å²) < 4.78 is 1.62. The number of hydrogen-bond donors (Lipinski definition) is 1. The molecule has 25 heavy (non-hydrogen) atoms. The molecule has 4 rings (SSSR count). The van der Waals surface area contributed by atoms with E-state index in [2.05, 4.69) is 20.8 Å². The van der Waals surface area contributed by atoms with Crippen molar-refractivity contribution < 1.29 is 4.79 Å². The number of tetrazole rings is 1. The van der Waals surface area contributed by atoms with E-state index in [1.807, 2.05) is 36.4 Å². The van der Waals surface area contributed by atoms with Crippen molar-refractivity contribution in [2.24, 2.45) is 0 Å². The molecule has 0 bridgehead atoms. The van der Waals surface area contributed by atoms with Gasteiger partial charge in [0, 0.05) is 10.7 Å². The number of halogens is 1. The normalized spacial score (nSPS) is 16.8. The Labute approximate surface area is 153 Å². The zero-order valence-electron chi connectivity index (χ0n) is 13.1. The quantitative estimate of drug-likeness (QED) is 0.764. The van der Waals surface area contributed by atoms with Crippen LogP contribution in [-0.2, 0) is 11.2 Å². The van der Waals surface area contributed by atoms with Crippen molar-refractivity contribution >= 4 is 35.0 Å². The van der Waals surface area contributed by atoms with Crippen molar-refractivity contribution in [3.05, 3.63) is 59.1 Å². The lowest BCUT2D eigenvalue weighted by Crippen LogP contribution is -2.24. The highest BCUT2D eigenvalue weighted by molar-refractivity contribution is 8.00. The molecule has 2 aromatic carbocycles. The second kappa shape index (κ2) is 6.85. The third kappa shape index (κ3) is 3.38. The van der Waals surface area contributed by atoms with Crippen LogP contribution >= 0.6 is 23.4 Å². The van der Waals surface area contributed by atoms with Crippen LogP contribution in [-0.4, -0.2) is 31.4 Å². The minimum Gasteiger partial charge on any atom is -0.325 e. The van der Waals surface area contributed by atoms with Gasteiger partial charge in [-0.05, 0) is 59.2 Å². The van der Waals surface area contributed by atoms with Gasteiger partial charge in [0.1, 0.15) is 0 Å². The van der Waals surface area contributed by atoms with Gasteiger partial charge in [0.2, 0.25) is 11.1 Å². The van der Waals surface area contributed by atoms with E-state index < -0.39 is 0 Å². The maximum atomic E-state index is 12.6. The maximum absolute atomic E-state index is 12.6. The lowest BCUT2D eigenvalue weighted by atomic mass is 10.1. The van der Waals surface area contributed by atoms with Crippen molar-refractivity contribution in [1.29, 1.82) is 0 Å². The Morgan fingerprint density at radius 1 is 1.16 bits per heavy atom. The van der Waals surface area contributed by atoms with Gasteiger partial charge < -0.3 is 5.32 Å². The molecule has 2 heterocycles. The van der Waals surface area contributed by atoms with Crippen LogP contribution in [0.25, 0.3) is 5.69 Å². The molecule has 1 amide bonds. The number of anilines is 1. The van der Waals surface area contributed by atoms with Gasteiger partial charge in [0.15, 0.2) is 0 Å². The van der Waals surface area contributed by atoms with Gasteiger partial charge in [-0.1, -0.05) is 41.6 Å². The predicted octanol–water partition coefficient (Wildman–Crippen LogP) is 3.36. The minimum absolute atomic E-state index is 0.0272. The highest BCUT2D eigenvalue weighted by Crippen LogP contribution is 2.31. The van der Waals surface area contributed by atoms with Crippen LogP contribution in [0.2, 0.25) is 5.02 Å². The average molecular weight is 372 g/mol. The summed E-state index contributed by atoms with van der Waals surface area (Å²) in [4.78, 5) is 12.6. The van der Waals surface area contributed by atoms with E-state index in [0.29, 0.717) is 10.2 Å². The van der Waals surface area contributed by atoms with Crippen molar-refractivity contribution in [2.75, 3.05) is 5.32 Å². The Balaban J connectivity index is 1.56. The number of fused-ring (bicyclic) bond motifs is 1. The van der Waals surface area contributed by atoms with E-state index in [1.165, 1.54) is 11.8 Å². The molecular formula is C17H14ClN5OS. The van der Waals surface area contributed by atoms with Crippen LogP contribution in [0.3, 0.4) is 0 Å². The predicted molar refractivity (Wildman–Crippen MR) is 97.2 cm³/mol. The summed E-state index contributed by atoms with van der Waals surface area (Å²) in [6.45, 7) is 0. The summed E-state index contributed by atoms with van der Waals surface area (Å²) in [7, 11) is 0. The summed E-state index contributed by atoms with van der Waals surface area (Å²) >= 11 is 7.30. The van der Waals surface area contributed by atoms with Gasteiger partial charge in [-0.2, -0.15) is 4.68 Å². The average Bonchev–Trinajstić information content (AvgIpc) is 3.02. The van der Waals surface area contributed by atoms with Crippen LogP contribution in [0.4, 0.5) is 5.69 Å². The van der Waals surface area contributed by atoms with Crippen LogP contribution < -0.4 is 5.32 Å². The molecule has 1 N–H and O–H groups in total. The molecule has 0 fully saturated rings. The molecule has 126 valence electrons. The molecule has 3 aromatic rings. The summed E-state index contributed by atoms with van der Waals surface area (Å²) in [5.74, 6) is -0.0272. The third-order valence-electron chi connectivity index (χ3n) is 4.00. The molecule has 0 aliphatic carbocycles. The topological polar surface area (TPSA) is 72.7 Å². The zero-order chi connectivity index (χ0) is 17.2. The first-order valence-electron chi connectivity index (χ1n) is 7.80. The number of nitrogens with zero attached hydrogens (tertiary/aromatic N) is 4. The smallest absolute Gasteiger partial charge is 0.237 e. The Morgan fingerprint density at radius 2 is 1.96 bits per heavy atom. The van der Waals surface area contributed by atoms with Gasteiger partial charge in [-0.3, -0.25) is 4.79 Å². The van der Waals surface area contributed by atoms with Crippen LogP contribution in [0, 0.1) is 0 Å². The van der Waals surface area contributed by atoms with Crippen LogP contribution in [0.15, 0.2) is 53.7 Å². The molecule has 0 radical (unpaired) electrons. The highest BCUT2D eigenvalue weighted by atomic mass is 35.5. The first-order valence-corrected chi connectivity index (χ1v) is 9.06. The molecule has 1 aliphatic rings. The molecule has 1 atom stereocenters. The number of aryl methyl sites for hydroxylation is 1. The van der Waals surface area contributed by atoms with Gasteiger partial charge in [0.05, 0.1) is 10.9 Å². The number of carbonyl (C=O) groups excluding carboxylic acids is 1. The second-order valence-electron chi connectivity index (χ2n) is 5.64. The monoisotopic (exact) mass is 371 g/mol. The number of nitrogens with one attached hydrogen (secondary N) is 1. The highest BCUT2D eigenvalue weighted by Gasteiger charge is 2.26. The Kier molecular flexibility index (Phi) is 4.42. The van der Waals surface area contributed by atoms with E-state index in [4.69, 9.17) is 11.6 Å². The number of rotatable bonds is 3. The fraction of sp³-hybridized carbons (Fsp3) is 0.176. The summed E-state index contributed by atoms with van der Waals surface area (Å²) in [5, 5.41) is 15.8. The van der Waals surface area contributed by atoms with Gasteiger partial charge in [0.25, 0.3) is 0 Å². The molecule has 8 heteroatoms. The first kappa shape index (κ1) is 16.1. The molecule has 1 aliphatic heterocycles. The number of aromatic nitrogens is 4. The third-order valence-corrected chi connectivity index (χ3v) is 5.45. The molecule has 0 saturated heterocycles. The van der Waals surface area contributed by atoms with Crippen molar-refractivity contribution in [2.45, 2.75) is 23.2 Å². The molecule has 0 saturated carbocycles. The van der Waals surface area contributed by atoms with E-state index >= 15 is 0 Å². The number of thioether (sulfide) groups is 1. The SMILES string of the molecule is O=C1Nc2ccccc2CC[C@@H]1Sc1nnnn1-c1ccc(Cl)cc1. The van der Waals surface area contributed by atoms with Gasteiger partial charge in [-0.15, -0.1) is 5.10 Å². The molecule has 6 nitrogen and oxygen atoms in total. The molecule has 0 spiro atoms. The largest absolute Gasteiger partial charge is 0.325 e. The van der Waals surface area contributed by atoms with Crippen molar-refractivity contribution in [1.82, 2.24) is 20.2 Å². The molecule has 1 aromatic heterocycles. The van der Waals surface area contributed by atoms with E-state index in [-0.39, 0.29) is 11.2 Å².